The molecule has 6 nitrogen and oxygen atoms in total. The average Bonchev–Trinajstić information content (AvgIpc) is 2.78. The van der Waals surface area contributed by atoms with Gasteiger partial charge in [-0.15, -0.1) is 0 Å². The predicted octanol–water partition coefficient (Wildman–Crippen LogP) is 2.85. The number of nitrogens with zero attached hydrogens (tertiary/aromatic N) is 1. The molecule has 1 aromatic heterocycles. The number of hydrogen-bond acceptors (Lipinski definition) is 5. The summed E-state index contributed by atoms with van der Waals surface area (Å²) in [6.45, 7) is 1.03. The van der Waals surface area contributed by atoms with Crippen molar-refractivity contribution in [2.24, 2.45) is 0 Å². The molecule has 0 aliphatic carbocycles. The highest BCUT2D eigenvalue weighted by Gasteiger charge is 2.23. The number of carbonyl (C=O) groups is 1. The molecule has 7 heteroatoms. The molecular formula is C13H10ClNO5. The zero-order valence-electron chi connectivity index (χ0n) is 10.3. The van der Waals surface area contributed by atoms with Gasteiger partial charge >= 0.3 is 5.97 Å². The van der Waals surface area contributed by atoms with Crippen molar-refractivity contribution in [1.82, 2.24) is 5.16 Å². The molecule has 1 aliphatic rings. The van der Waals surface area contributed by atoms with E-state index in [1.807, 2.05) is 0 Å². The summed E-state index contributed by atoms with van der Waals surface area (Å²) >= 11 is 6.17. The Morgan fingerprint density at radius 2 is 2.10 bits per heavy atom. The van der Waals surface area contributed by atoms with Crippen LogP contribution in [0.1, 0.15) is 16.9 Å². The zero-order chi connectivity index (χ0) is 14.1. The highest BCUT2D eigenvalue weighted by atomic mass is 35.5. The van der Waals surface area contributed by atoms with E-state index in [-0.39, 0.29) is 11.5 Å². The summed E-state index contributed by atoms with van der Waals surface area (Å²) in [6, 6.07) is 4.66. The maximum atomic E-state index is 10.9. The van der Waals surface area contributed by atoms with Crippen molar-refractivity contribution in [3.05, 3.63) is 28.9 Å². The number of carboxylic acids is 1. The third-order valence-electron chi connectivity index (χ3n) is 2.84. The lowest BCUT2D eigenvalue weighted by Gasteiger charge is -2.11. The van der Waals surface area contributed by atoms with Gasteiger partial charge in [-0.3, -0.25) is 0 Å². The summed E-state index contributed by atoms with van der Waals surface area (Å²) < 4.78 is 16.2. The van der Waals surface area contributed by atoms with Gasteiger partial charge in [0, 0.05) is 12.5 Å². The number of benzene rings is 1. The highest BCUT2D eigenvalue weighted by Crippen LogP contribution is 2.44. The molecule has 104 valence electrons. The van der Waals surface area contributed by atoms with Crippen molar-refractivity contribution in [3.63, 3.8) is 0 Å². The van der Waals surface area contributed by atoms with Crippen LogP contribution < -0.4 is 9.47 Å². The molecule has 0 saturated carbocycles. The van der Waals surface area contributed by atoms with E-state index < -0.39 is 5.97 Å². The van der Waals surface area contributed by atoms with Crippen LogP contribution in [0.15, 0.2) is 22.7 Å². The number of carboxylic acid groups (broad SMARTS) is 1. The summed E-state index contributed by atoms with van der Waals surface area (Å²) in [5.74, 6) is 0.0586. The topological polar surface area (TPSA) is 81.8 Å². The first kappa shape index (κ1) is 12.8. The van der Waals surface area contributed by atoms with Crippen LogP contribution in [0.5, 0.6) is 11.5 Å². The molecule has 2 heterocycles. The van der Waals surface area contributed by atoms with E-state index in [2.05, 4.69) is 5.16 Å². The Balaban J connectivity index is 2.14. The standard InChI is InChI=1S/C13H10ClNO5/c14-7-2-3-9-12(19-5-1-4-18-9)11(7)10-6-8(13(16)17)15-20-10/h2-3,6H,1,4-5H2,(H,16,17). The maximum Gasteiger partial charge on any atom is 0.358 e. The smallest absolute Gasteiger partial charge is 0.358 e. The monoisotopic (exact) mass is 295 g/mol. The maximum absolute atomic E-state index is 10.9. The summed E-state index contributed by atoms with van der Waals surface area (Å²) in [4.78, 5) is 10.9. The van der Waals surface area contributed by atoms with Crippen LogP contribution in [0.2, 0.25) is 5.02 Å². The lowest BCUT2D eigenvalue weighted by atomic mass is 10.1. The molecule has 1 N–H and O–H groups in total. The molecule has 0 radical (unpaired) electrons. The minimum atomic E-state index is -1.17. The molecule has 0 bridgehead atoms. The van der Waals surface area contributed by atoms with Crippen LogP contribution in [-0.4, -0.2) is 29.4 Å². The van der Waals surface area contributed by atoms with Crippen molar-refractivity contribution in [1.29, 1.82) is 0 Å². The van der Waals surface area contributed by atoms with Gasteiger partial charge in [0.25, 0.3) is 0 Å². The first-order valence-corrected chi connectivity index (χ1v) is 6.33. The molecule has 3 rings (SSSR count). The van der Waals surface area contributed by atoms with Crippen molar-refractivity contribution >= 4 is 17.6 Å². The number of hydrogen-bond donors (Lipinski definition) is 1. The van der Waals surface area contributed by atoms with Gasteiger partial charge in [0.05, 0.1) is 23.8 Å². The minimum absolute atomic E-state index is 0.191. The van der Waals surface area contributed by atoms with E-state index in [1.54, 1.807) is 12.1 Å². The summed E-state index contributed by atoms with van der Waals surface area (Å²) in [5.41, 5.74) is 0.259. The summed E-state index contributed by atoms with van der Waals surface area (Å²) in [5, 5.41) is 12.7. The number of ether oxygens (including phenoxy) is 2. The van der Waals surface area contributed by atoms with E-state index >= 15 is 0 Å². The molecule has 0 spiro atoms. The fourth-order valence-corrected chi connectivity index (χ4v) is 2.18. The predicted molar refractivity (Wildman–Crippen MR) is 69.5 cm³/mol. The van der Waals surface area contributed by atoms with Crippen LogP contribution in [0.4, 0.5) is 0 Å². The number of fused-ring (bicyclic) bond motifs is 1. The molecule has 1 aromatic carbocycles. The Morgan fingerprint density at radius 3 is 2.85 bits per heavy atom. The number of aromatic nitrogens is 1. The molecular weight excluding hydrogens is 286 g/mol. The van der Waals surface area contributed by atoms with Gasteiger partial charge in [-0.05, 0) is 12.1 Å². The average molecular weight is 296 g/mol. The fourth-order valence-electron chi connectivity index (χ4n) is 1.94. The van der Waals surface area contributed by atoms with E-state index in [1.165, 1.54) is 6.07 Å². The van der Waals surface area contributed by atoms with Gasteiger partial charge in [-0.25, -0.2) is 4.79 Å². The number of rotatable bonds is 2. The molecule has 0 fully saturated rings. The third-order valence-corrected chi connectivity index (χ3v) is 3.15. The van der Waals surface area contributed by atoms with E-state index in [4.69, 9.17) is 30.7 Å². The van der Waals surface area contributed by atoms with Crippen molar-refractivity contribution in [2.45, 2.75) is 6.42 Å². The second kappa shape index (κ2) is 5.05. The lowest BCUT2D eigenvalue weighted by molar-refractivity contribution is 0.0686. The highest BCUT2D eigenvalue weighted by molar-refractivity contribution is 6.33. The van der Waals surface area contributed by atoms with Gasteiger partial charge in [-0.2, -0.15) is 0 Å². The van der Waals surface area contributed by atoms with E-state index in [0.717, 1.165) is 6.42 Å². The van der Waals surface area contributed by atoms with Gasteiger partial charge in [0.2, 0.25) is 0 Å². The van der Waals surface area contributed by atoms with Crippen molar-refractivity contribution in [3.8, 4) is 22.8 Å². The minimum Gasteiger partial charge on any atom is -0.490 e. The number of aromatic carboxylic acids is 1. The molecule has 2 aromatic rings. The molecule has 0 unspecified atom stereocenters. The Morgan fingerprint density at radius 1 is 1.30 bits per heavy atom. The van der Waals surface area contributed by atoms with E-state index in [9.17, 15) is 4.79 Å². The van der Waals surface area contributed by atoms with E-state index in [0.29, 0.717) is 35.3 Å². The fraction of sp³-hybridized carbons (Fsp3) is 0.231. The van der Waals surface area contributed by atoms with Crippen LogP contribution in [0.3, 0.4) is 0 Å². The Hall–Kier alpha value is -2.21. The van der Waals surface area contributed by atoms with Gasteiger partial charge in [0.1, 0.15) is 0 Å². The summed E-state index contributed by atoms with van der Waals surface area (Å²) in [6.07, 6.45) is 0.752. The van der Waals surface area contributed by atoms with Gasteiger partial charge in [-0.1, -0.05) is 16.8 Å². The Bertz CT molecular complexity index is 667. The normalized spacial score (nSPS) is 13.8. The van der Waals surface area contributed by atoms with Crippen LogP contribution >= 0.6 is 11.6 Å². The molecule has 0 atom stereocenters. The second-order valence-electron chi connectivity index (χ2n) is 4.18. The number of halogens is 1. The first-order valence-electron chi connectivity index (χ1n) is 5.95. The Labute approximate surface area is 118 Å². The largest absolute Gasteiger partial charge is 0.490 e. The molecule has 0 amide bonds. The molecule has 20 heavy (non-hydrogen) atoms. The molecule has 0 saturated heterocycles. The summed E-state index contributed by atoms with van der Waals surface area (Å²) in [7, 11) is 0. The third kappa shape index (κ3) is 2.18. The van der Waals surface area contributed by atoms with Crippen molar-refractivity contribution in [2.75, 3.05) is 13.2 Å². The van der Waals surface area contributed by atoms with Crippen LogP contribution in [0, 0.1) is 0 Å². The lowest BCUT2D eigenvalue weighted by Crippen LogP contribution is -1.98. The SMILES string of the molecule is O=C(O)c1cc(-c2c(Cl)ccc3c2OCCCO3)on1. The van der Waals surface area contributed by atoms with Crippen molar-refractivity contribution < 1.29 is 23.9 Å². The van der Waals surface area contributed by atoms with Gasteiger partial charge < -0.3 is 19.1 Å². The van der Waals surface area contributed by atoms with Crippen LogP contribution in [0.25, 0.3) is 11.3 Å². The Kier molecular flexibility index (Phi) is 3.23. The van der Waals surface area contributed by atoms with Crippen LogP contribution in [-0.2, 0) is 0 Å². The first-order chi connectivity index (χ1) is 9.66. The van der Waals surface area contributed by atoms with Gasteiger partial charge in [0.15, 0.2) is 23.0 Å². The quantitative estimate of drug-likeness (QED) is 0.917. The molecule has 1 aliphatic heterocycles. The zero-order valence-corrected chi connectivity index (χ0v) is 11.0. The second-order valence-corrected chi connectivity index (χ2v) is 4.59.